The summed E-state index contributed by atoms with van der Waals surface area (Å²) >= 11 is 0. The first-order valence-corrected chi connectivity index (χ1v) is 6.58. The standard InChI is InChI=1S/C18H6.C5H5N/c1-7-13-14(8-2)16(10-4)18(12-6)17(11-5)15(13)9-3;1-2-4-6-5-3-1/h1-6H;1-5H. The highest BCUT2D eigenvalue weighted by atomic mass is 14.6. The van der Waals surface area contributed by atoms with Crippen molar-refractivity contribution in [3.63, 3.8) is 0 Å². The van der Waals surface area contributed by atoms with Gasteiger partial charge in [0.05, 0.1) is 33.4 Å². The minimum atomic E-state index is 0.333. The first kappa shape index (κ1) is 17.8. The fourth-order valence-electron chi connectivity index (χ4n) is 1.93. The summed E-state index contributed by atoms with van der Waals surface area (Å²) in [6.45, 7) is 0. The van der Waals surface area contributed by atoms with Crippen molar-refractivity contribution in [2.45, 2.75) is 0 Å². The van der Waals surface area contributed by atoms with Gasteiger partial charge in [-0.05, 0) is 12.1 Å². The van der Waals surface area contributed by atoms with Crippen molar-refractivity contribution < 1.29 is 0 Å². The van der Waals surface area contributed by atoms with Gasteiger partial charge < -0.3 is 0 Å². The molecule has 0 N–H and O–H groups in total. The Morgan fingerprint density at radius 1 is 0.458 bits per heavy atom. The molecule has 1 aromatic carbocycles. The average molecular weight is 301 g/mol. The van der Waals surface area contributed by atoms with Gasteiger partial charge in [-0.25, -0.2) is 0 Å². The molecule has 0 aliphatic heterocycles. The normalized spacial score (nSPS) is 7.75. The van der Waals surface area contributed by atoms with Crippen molar-refractivity contribution >= 4 is 0 Å². The summed E-state index contributed by atoms with van der Waals surface area (Å²) < 4.78 is 0. The van der Waals surface area contributed by atoms with Crippen LogP contribution in [0.5, 0.6) is 0 Å². The van der Waals surface area contributed by atoms with Crippen LogP contribution < -0.4 is 0 Å². The first-order valence-electron chi connectivity index (χ1n) is 6.58. The van der Waals surface area contributed by atoms with Crippen LogP contribution in [0.1, 0.15) is 33.4 Å². The maximum absolute atomic E-state index is 5.41. The zero-order chi connectivity index (χ0) is 17.9. The number of hydrogen-bond acceptors (Lipinski definition) is 1. The Morgan fingerprint density at radius 3 is 0.792 bits per heavy atom. The molecule has 0 saturated heterocycles. The van der Waals surface area contributed by atoms with Crippen LogP contribution >= 0.6 is 0 Å². The summed E-state index contributed by atoms with van der Waals surface area (Å²) in [6, 6.07) is 5.72. The van der Waals surface area contributed by atoms with Gasteiger partial charge in [0.1, 0.15) is 0 Å². The summed E-state index contributed by atoms with van der Waals surface area (Å²) in [4.78, 5) is 3.78. The molecule has 0 aliphatic carbocycles. The van der Waals surface area contributed by atoms with Crippen LogP contribution in [0.3, 0.4) is 0 Å². The van der Waals surface area contributed by atoms with E-state index in [1.54, 1.807) is 12.4 Å². The molecule has 2 rings (SSSR count). The largest absolute Gasteiger partial charge is 0.265 e. The van der Waals surface area contributed by atoms with E-state index in [0.29, 0.717) is 33.4 Å². The summed E-state index contributed by atoms with van der Waals surface area (Å²) in [7, 11) is 0. The Hall–Kier alpha value is -4.27. The van der Waals surface area contributed by atoms with Gasteiger partial charge in [-0.1, -0.05) is 41.6 Å². The SMILES string of the molecule is C#Cc1c(C#C)c(C#C)c(C#C)c(C#C)c1C#C.c1ccncc1. The minimum Gasteiger partial charge on any atom is -0.265 e. The molecular weight excluding hydrogens is 290 g/mol. The molecule has 0 saturated carbocycles. The molecule has 108 valence electrons. The predicted molar refractivity (Wildman–Crippen MR) is 98.3 cm³/mol. The highest BCUT2D eigenvalue weighted by molar-refractivity contribution is 5.75. The predicted octanol–water partition coefficient (Wildman–Crippen LogP) is 2.66. The summed E-state index contributed by atoms with van der Waals surface area (Å²) in [5.74, 6) is 14.5. The van der Waals surface area contributed by atoms with Crippen LogP contribution in [0.25, 0.3) is 0 Å². The van der Waals surface area contributed by atoms with Gasteiger partial charge in [0, 0.05) is 12.4 Å². The Labute approximate surface area is 143 Å². The number of aromatic nitrogens is 1. The summed E-state index contributed by atoms with van der Waals surface area (Å²) in [5.41, 5.74) is 2.00. The van der Waals surface area contributed by atoms with Crippen LogP contribution in [0, 0.1) is 74.1 Å². The lowest BCUT2D eigenvalue weighted by Crippen LogP contribution is -2.03. The van der Waals surface area contributed by atoms with Gasteiger partial charge in [-0.3, -0.25) is 4.98 Å². The van der Waals surface area contributed by atoms with Gasteiger partial charge in [0.15, 0.2) is 0 Å². The monoisotopic (exact) mass is 301 g/mol. The number of hydrogen-bond donors (Lipinski definition) is 0. The second kappa shape index (κ2) is 8.89. The van der Waals surface area contributed by atoms with Crippen molar-refractivity contribution in [3.05, 3.63) is 64.0 Å². The number of rotatable bonds is 0. The van der Waals surface area contributed by atoms with Gasteiger partial charge in [0.25, 0.3) is 0 Å². The van der Waals surface area contributed by atoms with E-state index in [-0.39, 0.29) is 0 Å². The number of nitrogens with zero attached hydrogens (tertiary/aromatic N) is 1. The lowest BCUT2D eigenvalue weighted by atomic mass is 9.87. The quantitative estimate of drug-likeness (QED) is 0.682. The second-order valence-electron chi connectivity index (χ2n) is 4.14. The fourth-order valence-corrected chi connectivity index (χ4v) is 1.93. The summed E-state index contributed by atoms with van der Waals surface area (Å²) in [5, 5.41) is 0. The van der Waals surface area contributed by atoms with Crippen LogP contribution in [-0.4, -0.2) is 4.98 Å². The van der Waals surface area contributed by atoms with E-state index in [0.717, 1.165) is 0 Å². The Balaban J connectivity index is 0.000000400. The highest BCUT2D eigenvalue weighted by Gasteiger charge is 2.18. The molecule has 0 unspecified atom stereocenters. The maximum Gasteiger partial charge on any atom is 0.0581 e. The molecule has 0 spiro atoms. The molecular formula is C23H11N. The lowest BCUT2D eigenvalue weighted by molar-refractivity contribution is 1.33. The molecule has 0 bridgehead atoms. The number of benzene rings is 1. The number of terminal acetylenes is 6. The van der Waals surface area contributed by atoms with Gasteiger partial charge in [-0.15, -0.1) is 38.5 Å². The van der Waals surface area contributed by atoms with E-state index in [4.69, 9.17) is 38.5 Å². The van der Waals surface area contributed by atoms with Crippen LogP contribution in [-0.2, 0) is 0 Å². The van der Waals surface area contributed by atoms with Crippen molar-refractivity contribution in [3.8, 4) is 74.1 Å². The molecule has 1 heteroatoms. The van der Waals surface area contributed by atoms with E-state index in [9.17, 15) is 0 Å². The van der Waals surface area contributed by atoms with Crippen molar-refractivity contribution in [1.82, 2.24) is 4.98 Å². The molecule has 2 aromatic rings. The van der Waals surface area contributed by atoms with E-state index in [2.05, 4.69) is 40.5 Å². The third kappa shape index (κ3) is 3.49. The molecule has 0 radical (unpaired) electrons. The molecule has 0 fully saturated rings. The van der Waals surface area contributed by atoms with Gasteiger partial charge in [0.2, 0.25) is 0 Å². The van der Waals surface area contributed by atoms with E-state index in [1.807, 2.05) is 18.2 Å². The average Bonchev–Trinajstić information content (AvgIpc) is 2.66. The van der Waals surface area contributed by atoms with Crippen LogP contribution in [0.15, 0.2) is 30.6 Å². The molecule has 1 aromatic heterocycles. The van der Waals surface area contributed by atoms with E-state index >= 15 is 0 Å². The molecule has 24 heavy (non-hydrogen) atoms. The second-order valence-corrected chi connectivity index (χ2v) is 4.14. The summed E-state index contributed by atoms with van der Waals surface area (Å²) in [6.07, 6.45) is 36.0. The third-order valence-corrected chi connectivity index (χ3v) is 2.93. The molecule has 0 aliphatic rings. The maximum atomic E-state index is 5.41. The molecule has 1 heterocycles. The highest BCUT2D eigenvalue weighted by Crippen LogP contribution is 2.26. The van der Waals surface area contributed by atoms with Crippen molar-refractivity contribution in [1.29, 1.82) is 0 Å². The first-order chi connectivity index (χ1) is 11.7. The smallest absolute Gasteiger partial charge is 0.0581 e. The fraction of sp³-hybridized carbons (Fsp3) is 0. The van der Waals surface area contributed by atoms with Crippen molar-refractivity contribution in [2.24, 2.45) is 0 Å². The zero-order valence-electron chi connectivity index (χ0n) is 12.8. The molecule has 0 amide bonds. The Kier molecular flexibility index (Phi) is 6.59. The zero-order valence-corrected chi connectivity index (χ0v) is 12.8. The minimum absolute atomic E-state index is 0.333. The van der Waals surface area contributed by atoms with Gasteiger partial charge in [-0.2, -0.15) is 0 Å². The third-order valence-electron chi connectivity index (χ3n) is 2.93. The molecule has 0 atom stereocenters. The lowest BCUT2D eigenvalue weighted by Gasteiger charge is -2.11. The Bertz CT molecular complexity index is 772. The molecule has 1 nitrogen and oxygen atoms in total. The number of pyridine rings is 1. The van der Waals surface area contributed by atoms with Crippen LogP contribution in [0.2, 0.25) is 0 Å². The van der Waals surface area contributed by atoms with Crippen molar-refractivity contribution in [2.75, 3.05) is 0 Å². The van der Waals surface area contributed by atoms with E-state index in [1.165, 1.54) is 0 Å². The Morgan fingerprint density at radius 2 is 0.708 bits per heavy atom. The van der Waals surface area contributed by atoms with E-state index < -0.39 is 0 Å². The topological polar surface area (TPSA) is 12.9 Å². The van der Waals surface area contributed by atoms with Crippen LogP contribution in [0.4, 0.5) is 0 Å². The van der Waals surface area contributed by atoms with Gasteiger partial charge >= 0.3 is 0 Å².